The average Bonchev–Trinajstić information content (AvgIpc) is 2.48. The third-order valence-corrected chi connectivity index (χ3v) is 2.92. The first kappa shape index (κ1) is 14.5. The lowest BCUT2D eigenvalue weighted by atomic mass is 10.2. The van der Waals surface area contributed by atoms with Crippen LogP contribution >= 0.6 is 11.6 Å². The lowest BCUT2D eigenvalue weighted by Crippen LogP contribution is -2.20. The molecule has 1 aromatic heterocycles. The van der Waals surface area contributed by atoms with E-state index in [9.17, 15) is 0 Å². The molecule has 0 saturated carbocycles. The van der Waals surface area contributed by atoms with Crippen molar-refractivity contribution in [1.82, 2.24) is 15.1 Å². The molecule has 0 bridgehead atoms. The summed E-state index contributed by atoms with van der Waals surface area (Å²) < 4.78 is 7.18. The lowest BCUT2D eigenvalue weighted by molar-refractivity contribution is 0.111. The van der Waals surface area contributed by atoms with Crippen molar-refractivity contribution < 1.29 is 4.74 Å². The molecule has 4 nitrogen and oxygen atoms in total. The van der Waals surface area contributed by atoms with Crippen molar-refractivity contribution in [2.24, 2.45) is 13.0 Å². The lowest BCUT2D eigenvalue weighted by Gasteiger charge is -2.07. The Morgan fingerprint density at radius 2 is 2.18 bits per heavy atom. The quantitative estimate of drug-likeness (QED) is 0.763. The standard InChI is InChI=1S/C12H22ClN3O/c1-9(2)8-17-6-5-14-7-11-10(3)15-16(4)12(11)13/h9,14H,5-8H2,1-4H3. The molecule has 0 amide bonds. The van der Waals surface area contributed by atoms with E-state index in [2.05, 4.69) is 24.3 Å². The highest BCUT2D eigenvalue weighted by Crippen LogP contribution is 2.17. The molecule has 0 aliphatic rings. The van der Waals surface area contributed by atoms with E-state index in [1.807, 2.05) is 14.0 Å². The Labute approximate surface area is 108 Å². The number of ether oxygens (including phenoxy) is 1. The molecule has 0 unspecified atom stereocenters. The highest BCUT2D eigenvalue weighted by Gasteiger charge is 2.09. The molecule has 0 radical (unpaired) electrons. The highest BCUT2D eigenvalue weighted by atomic mass is 35.5. The summed E-state index contributed by atoms with van der Waals surface area (Å²) in [4.78, 5) is 0. The molecule has 0 saturated heterocycles. The van der Waals surface area contributed by atoms with Crippen LogP contribution in [0.15, 0.2) is 0 Å². The molecule has 5 heteroatoms. The molecule has 1 aromatic rings. The second kappa shape index (κ2) is 6.99. The average molecular weight is 260 g/mol. The van der Waals surface area contributed by atoms with Crippen LogP contribution in [0.3, 0.4) is 0 Å². The Hall–Kier alpha value is -0.580. The largest absolute Gasteiger partial charge is 0.380 e. The van der Waals surface area contributed by atoms with Crippen LogP contribution in [0.1, 0.15) is 25.1 Å². The monoisotopic (exact) mass is 259 g/mol. The van der Waals surface area contributed by atoms with Crippen LogP contribution in [-0.2, 0) is 18.3 Å². The fourth-order valence-electron chi connectivity index (χ4n) is 1.55. The van der Waals surface area contributed by atoms with Gasteiger partial charge in [0.05, 0.1) is 12.3 Å². The number of hydrogen-bond donors (Lipinski definition) is 1. The van der Waals surface area contributed by atoms with Crippen LogP contribution in [-0.4, -0.2) is 29.5 Å². The predicted molar refractivity (Wildman–Crippen MR) is 70.3 cm³/mol. The second-order valence-electron chi connectivity index (χ2n) is 4.62. The molecule has 1 N–H and O–H groups in total. The topological polar surface area (TPSA) is 39.1 Å². The molecule has 0 spiro atoms. The molecule has 1 rings (SSSR count). The van der Waals surface area contributed by atoms with Crippen molar-refractivity contribution in [2.75, 3.05) is 19.8 Å². The first-order valence-corrected chi connectivity index (χ1v) is 6.36. The Morgan fingerprint density at radius 1 is 1.47 bits per heavy atom. The van der Waals surface area contributed by atoms with Gasteiger partial charge in [0.25, 0.3) is 0 Å². The number of halogens is 1. The number of nitrogens with one attached hydrogen (secondary N) is 1. The zero-order valence-corrected chi connectivity index (χ0v) is 11.8. The van der Waals surface area contributed by atoms with Crippen LogP contribution < -0.4 is 5.32 Å². The van der Waals surface area contributed by atoms with Gasteiger partial charge in [0.1, 0.15) is 5.15 Å². The van der Waals surface area contributed by atoms with E-state index in [-0.39, 0.29) is 0 Å². The second-order valence-corrected chi connectivity index (χ2v) is 4.98. The number of aryl methyl sites for hydroxylation is 2. The molecular weight excluding hydrogens is 238 g/mol. The van der Waals surface area contributed by atoms with Gasteiger partial charge >= 0.3 is 0 Å². The smallest absolute Gasteiger partial charge is 0.131 e. The first-order chi connectivity index (χ1) is 8.02. The van der Waals surface area contributed by atoms with Crippen molar-refractivity contribution in [3.63, 3.8) is 0 Å². The third-order valence-electron chi connectivity index (χ3n) is 2.45. The fourth-order valence-corrected chi connectivity index (χ4v) is 1.79. The van der Waals surface area contributed by atoms with E-state index in [1.165, 1.54) is 0 Å². The minimum absolute atomic E-state index is 0.588. The van der Waals surface area contributed by atoms with Crippen LogP contribution in [0.25, 0.3) is 0 Å². The summed E-state index contributed by atoms with van der Waals surface area (Å²) in [5.41, 5.74) is 2.05. The molecule has 0 atom stereocenters. The van der Waals surface area contributed by atoms with Gasteiger partial charge < -0.3 is 10.1 Å². The SMILES string of the molecule is Cc1nn(C)c(Cl)c1CNCCOCC(C)C. The third kappa shape index (κ3) is 4.66. The van der Waals surface area contributed by atoms with Gasteiger partial charge in [0.15, 0.2) is 0 Å². The van der Waals surface area contributed by atoms with Gasteiger partial charge in [-0.15, -0.1) is 0 Å². The zero-order valence-electron chi connectivity index (χ0n) is 11.1. The maximum Gasteiger partial charge on any atom is 0.131 e. The number of nitrogens with zero attached hydrogens (tertiary/aromatic N) is 2. The van der Waals surface area contributed by atoms with Crippen molar-refractivity contribution >= 4 is 11.6 Å². The van der Waals surface area contributed by atoms with Crippen LogP contribution in [0.2, 0.25) is 5.15 Å². The maximum absolute atomic E-state index is 6.12. The van der Waals surface area contributed by atoms with Gasteiger partial charge in [-0.05, 0) is 12.8 Å². The Kier molecular flexibility index (Phi) is 5.95. The van der Waals surface area contributed by atoms with Gasteiger partial charge in [-0.1, -0.05) is 25.4 Å². The number of rotatable bonds is 7. The first-order valence-electron chi connectivity index (χ1n) is 5.98. The molecule has 0 aliphatic carbocycles. The van der Waals surface area contributed by atoms with Gasteiger partial charge in [-0.25, -0.2) is 0 Å². The van der Waals surface area contributed by atoms with E-state index in [0.29, 0.717) is 11.1 Å². The summed E-state index contributed by atoms with van der Waals surface area (Å²) >= 11 is 6.12. The molecule has 98 valence electrons. The van der Waals surface area contributed by atoms with Crippen molar-refractivity contribution in [1.29, 1.82) is 0 Å². The Bertz CT molecular complexity index is 350. The van der Waals surface area contributed by atoms with Gasteiger partial charge in [-0.2, -0.15) is 5.10 Å². The van der Waals surface area contributed by atoms with Crippen LogP contribution in [0, 0.1) is 12.8 Å². The van der Waals surface area contributed by atoms with E-state index in [0.717, 1.165) is 37.6 Å². The molecule has 1 heterocycles. The minimum Gasteiger partial charge on any atom is -0.380 e. The van der Waals surface area contributed by atoms with Gasteiger partial charge in [0, 0.05) is 32.3 Å². The summed E-state index contributed by atoms with van der Waals surface area (Å²) in [7, 11) is 1.85. The molecular formula is C12H22ClN3O. The summed E-state index contributed by atoms with van der Waals surface area (Å²) in [6, 6.07) is 0. The summed E-state index contributed by atoms with van der Waals surface area (Å²) in [5.74, 6) is 0.588. The Balaban J connectivity index is 2.22. The minimum atomic E-state index is 0.588. The van der Waals surface area contributed by atoms with E-state index in [4.69, 9.17) is 16.3 Å². The number of aromatic nitrogens is 2. The van der Waals surface area contributed by atoms with Crippen LogP contribution in [0.4, 0.5) is 0 Å². The van der Waals surface area contributed by atoms with Crippen molar-refractivity contribution in [2.45, 2.75) is 27.3 Å². The fraction of sp³-hybridized carbons (Fsp3) is 0.750. The highest BCUT2D eigenvalue weighted by molar-refractivity contribution is 6.30. The van der Waals surface area contributed by atoms with Crippen molar-refractivity contribution in [3.8, 4) is 0 Å². The van der Waals surface area contributed by atoms with Gasteiger partial charge in [0.2, 0.25) is 0 Å². The maximum atomic E-state index is 6.12. The van der Waals surface area contributed by atoms with E-state index in [1.54, 1.807) is 4.68 Å². The van der Waals surface area contributed by atoms with Crippen molar-refractivity contribution in [3.05, 3.63) is 16.4 Å². The summed E-state index contributed by atoms with van der Waals surface area (Å²) in [5, 5.41) is 8.28. The van der Waals surface area contributed by atoms with Crippen LogP contribution in [0.5, 0.6) is 0 Å². The summed E-state index contributed by atoms with van der Waals surface area (Å²) in [6.45, 7) is 9.38. The molecule has 0 fully saturated rings. The summed E-state index contributed by atoms with van der Waals surface area (Å²) in [6.07, 6.45) is 0. The zero-order chi connectivity index (χ0) is 12.8. The molecule has 0 aliphatic heterocycles. The molecule has 17 heavy (non-hydrogen) atoms. The normalized spacial score (nSPS) is 11.4. The van der Waals surface area contributed by atoms with Gasteiger partial charge in [-0.3, -0.25) is 4.68 Å². The van der Waals surface area contributed by atoms with E-state index >= 15 is 0 Å². The number of hydrogen-bond acceptors (Lipinski definition) is 3. The van der Waals surface area contributed by atoms with E-state index < -0.39 is 0 Å². The predicted octanol–water partition coefficient (Wildman–Crippen LogP) is 2.14. The molecule has 0 aromatic carbocycles. The Morgan fingerprint density at radius 3 is 2.71 bits per heavy atom.